The number of likely N-dealkylation sites (tertiary alicyclic amines) is 1. The number of aliphatic imine (C=N–C) groups is 1. The maximum Gasteiger partial charge on any atom is 0.293 e. The average Bonchev–Trinajstić information content (AvgIpc) is 3.24. The van der Waals surface area contributed by atoms with Crippen molar-refractivity contribution in [1.82, 2.24) is 0 Å². The van der Waals surface area contributed by atoms with E-state index in [0.717, 1.165) is 24.4 Å². The topological polar surface area (TPSA) is 97.3 Å². The Hall–Kier alpha value is -3.39. The molecule has 31 heavy (non-hydrogen) atoms. The third-order valence-electron chi connectivity index (χ3n) is 6.20. The zero-order chi connectivity index (χ0) is 22.0. The van der Waals surface area contributed by atoms with Crippen molar-refractivity contribution >= 4 is 29.4 Å². The number of fused-ring (bicyclic) bond motifs is 1. The predicted octanol–water partition coefficient (Wildman–Crippen LogP) is 2.00. The van der Waals surface area contributed by atoms with Crippen molar-refractivity contribution in [3.05, 3.63) is 69.8 Å². The van der Waals surface area contributed by atoms with Crippen molar-refractivity contribution in [3.8, 4) is 0 Å². The summed E-state index contributed by atoms with van der Waals surface area (Å²) in [5, 5.41) is 11.5. The van der Waals surface area contributed by atoms with Gasteiger partial charge in [0.25, 0.3) is 11.6 Å². The summed E-state index contributed by atoms with van der Waals surface area (Å²) in [7, 11) is 0. The Morgan fingerprint density at radius 3 is 2.71 bits per heavy atom. The Kier molecular flexibility index (Phi) is 5.90. The Morgan fingerprint density at radius 1 is 1.19 bits per heavy atom. The highest BCUT2D eigenvalue weighted by Gasteiger charge is 2.41. The number of carbonyl (C=O) groups is 2. The summed E-state index contributed by atoms with van der Waals surface area (Å²) in [4.78, 5) is 44.5. The molecule has 8 nitrogen and oxygen atoms in total. The number of hydrogen-bond acceptors (Lipinski definition) is 5. The van der Waals surface area contributed by atoms with Crippen LogP contribution in [0.4, 0.5) is 11.4 Å². The standard InChI is InChI=1S/C23H24N4O4/c1-2-25-13-7-8-16(25)14-24-15-19-17-9-3-4-10-18(17)22(28)26(23(19)29)20-11-5-6-12-21(20)27(30)31/h3-6,9-12,15-16,19H,2,7-8,13-14H2,1H3/p+1/t16-,19?/m0/s1. The number of para-hydroxylation sites is 2. The third kappa shape index (κ3) is 3.86. The molecule has 8 heteroatoms. The maximum atomic E-state index is 13.4. The van der Waals surface area contributed by atoms with Gasteiger partial charge in [-0.05, 0) is 24.6 Å². The molecule has 160 valence electrons. The summed E-state index contributed by atoms with van der Waals surface area (Å²) in [5.41, 5.74) is 0.640. The molecule has 0 saturated carbocycles. The summed E-state index contributed by atoms with van der Waals surface area (Å²) >= 11 is 0. The van der Waals surface area contributed by atoms with Gasteiger partial charge in [0.15, 0.2) is 0 Å². The highest BCUT2D eigenvalue weighted by atomic mass is 16.6. The van der Waals surface area contributed by atoms with Gasteiger partial charge in [0.05, 0.1) is 30.5 Å². The van der Waals surface area contributed by atoms with Crippen LogP contribution in [0.15, 0.2) is 53.5 Å². The molecule has 3 atom stereocenters. The fourth-order valence-electron chi connectivity index (χ4n) is 4.60. The summed E-state index contributed by atoms with van der Waals surface area (Å²) in [6.07, 6.45) is 3.89. The van der Waals surface area contributed by atoms with Crippen LogP contribution in [0.3, 0.4) is 0 Å². The number of nitro benzene ring substituents is 1. The second kappa shape index (κ2) is 8.77. The van der Waals surface area contributed by atoms with Crippen LogP contribution >= 0.6 is 0 Å². The number of nitro groups is 1. The maximum absolute atomic E-state index is 13.4. The van der Waals surface area contributed by atoms with E-state index in [1.165, 1.54) is 29.5 Å². The van der Waals surface area contributed by atoms with E-state index in [-0.39, 0.29) is 11.4 Å². The lowest BCUT2D eigenvalue weighted by Gasteiger charge is -2.30. The second-order valence-electron chi connectivity index (χ2n) is 7.90. The lowest BCUT2D eigenvalue weighted by atomic mass is 9.88. The van der Waals surface area contributed by atoms with Gasteiger partial charge in [-0.25, -0.2) is 4.90 Å². The number of likely N-dealkylation sites (N-methyl/N-ethyl adjacent to an activating group) is 1. The SMILES string of the molecule is CC[NH+]1CCC[C@H]1CN=CC1C(=O)N(c2ccccc2[N+](=O)[O-])C(=O)c2ccccc21. The molecule has 2 unspecified atom stereocenters. The molecule has 2 aliphatic rings. The van der Waals surface area contributed by atoms with Crippen molar-refractivity contribution in [1.29, 1.82) is 0 Å². The molecular formula is C23H25N4O4+. The monoisotopic (exact) mass is 421 g/mol. The number of anilines is 1. The molecule has 1 fully saturated rings. The van der Waals surface area contributed by atoms with Crippen LogP contribution in [0.2, 0.25) is 0 Å². The van der Waals surface area contributed by atoms with Crippen molar-refractivity contribution in [2.45, 2.75) is 31.7 Å². The second-order valence-corrected chi connectivity index (χ2v) is 7.90. The molecular weight excluding hydrogens is 396 g/mol. The van der Waals surface area contributed by atoms with E-state index in [1.54, 1.807) is 36.5 Å². The molecule has 0 spiro atoms. The van der Waals surface area contributed by atoms with Gasteiger partial charge in [-0.3, -0.25) is 24.7 Å². The highest BCUT2D eigenvalue weighted by Crippen LogP contribution is 2.36. The molecule has 0 bridgehead atoms. The van der Waals surface area contributed by atoms with E-state index in [4.69, 9.17) is 0 Å². The van der Waals surface area contributed by atoms with Crippen molar-refractivity contribution in [3.63, 3.8) is 0 Å². The number of amides is 2. The minimum Gasteiger partial charge on any atom is -0.331 e. The molecule has 1 saturated heterocycles. The van der Waals surface area contributed by atoms with Crippen LogP contribution < -0.4 is 9.80 Å². The normalized spacial score (nSPS) is 23.4. The number of benzene rings is 2. The smallest absolute Gasteiger partial charge is 0.293 e. The quantitative estimate of drug-likeness (QED) is 0.334. The van der Waals surface area contributed by atoms with Gasteiger partial charge in [0, 0.05) is 30.7 Å². The third-order valence-corrected chi connectivity index (χ3v) is 6.20. The first kappa shape index (κ1) is 20.9. The Balaban J connectivity index is 1.70. The molecule has 2 aromatic rings. The predicted molar refractivity (Wildman–Crippen MR) is 117 cm³/mol. The fourth-order valence-corrected chi connectivity index (χ4v) is 4.60. The Labute approximate surface area is 180 Å². The van der Waals surface area contributed by atoms with E-state index in [0.29, 0.717) is 23.7 Å². The Morgan fingerprint density at radius 2 is 1.94 bits per heavy atom. The largest absolute Gasteiger partial charge is 0.331 e. The van der Waals surface area contributed by atoms with E-state index in [2.05, 4.69) is 11.9 Å². The number of quaternary nitrogens is 1. The summed E-state index contributed by atoms with van der Waals surface area (Å²) in [6.45, 7) is 4.97. The van der Waals surface area contributed by atoms with Crippen LogP contribution in [0.1, 0.15) is 41.6 Å². The summed E-state index contributed by atoms with van der Waals surface area (Å²) in [6, 6.07) is 13.1. The van der Waals surface area contributed by atoms with E-state index in [9.17, 15) is 19.7 Å². The van der Waals surface area contributed by atoms with Gasteiger partial charge in [-0.15, -0.1) is 0 Å². The number of nitrogens with zero attached hydrogens (tertiary/aromatic N) is 3. The molecule has 4 rings (SSSR count). The lowest BCUT2D eigenvalue weighted by Crippen LogP contribution is -3.13. The van der Waals surface area contributed by atoms with Crippen LogP contribution in [0, 0.1) is 10.1 Å². The first-order valence-electron chi connectivity index (χ1n) is 10.6. The average molecular weight is 421 g/mol. The minimum atomic E-state index is -0.764. The van der Waals surface area contributed by atoms with Crippen molar-refractivity contribution < 1.29 is 19.4 Å². The lowest BCUT2D eigenvalue weighted by molar-refractivity contribution is -0.908. The zero-order valence-corrected chi connectivity index (χ0v) is 17.4. The molecule has 2 aromatic carbocycles. The van der Waals surface area contributed by atoms with Crippen LogP contribution in [-0.4, -0.2) is 48.6 Å². The van der Waals surface area contributed by atoms with Gasteiger partial charge in [-0.1, -0.05) is 30.3 Å². The van der Waals surface area contributed by atoms with Crippen molar-refractivity contribution in [2.24, 2.45) is 4.99 Å². The summed E-state index contributed by atoms with van der Waals surface area (Å²) < 4.78 is 0. The number of hydrogen-bond donors (Lipinski definition) is 1. The first-order chi connectivity index (χ1) is 15.0. The summed E-state index contributed by atoms with van der Waals surface area (Å²) in [5.74, 6) is -1.84. The van der Waals surface area contributed by atoms with Gasteiger partial charge in [0.2, 0.25) is 5.91 Å². The minimum absolute atomic E-state index is 0.0206. The molecule has 2 amide bonds. The number of nitrogens with one attached hydrogen (secondary N) is 1. The number of rotatable bonds is 6. The van der Waals surface area contributed by atoms with Crippen molar-refractivity contribution in [2.75, 3.05) is 24.5 Å². The first-order valence-corrected chi connectivity index (χ1v) is 10.6. The van der Waals surface area contributed by atoms with Gasteiger partial charge in [-0.2, -0.15) is 0 Å². The Bertz CT molecular complexity index is 1050. The molecule has 1 N–H and O–H groups in total. The van der Waals surface area contributed by atoms with Gasteiger partial charge >= 0.3 is 0 Å². The molecule has 0 aliphatic carbocycles. The van der Waals surface area contributed by atoms with E-state index < -0.39 is 22.7 Å². The van der Waals surface area contributed by atoms with E-state index >= 15 is 0 Å². The highest BCUT2D eigenvalue weighted by molar-refractivity contribution is 6.29. The molecule has 2 heterocycles. The van der Waals surface area contributed by atoms with Crippen LogP contribution in [-0.2, 0) is 4.79 Å². The van der Waals surface area contributed by atoms with Crippen LogP contribution in [0.5, 0.6) is 0 Å². The molecule has 2 aliphatic heterocycles. The van der Waals surface area contributed by atoms with Gasteiger partial charge in [0.1, 0.15) is 11.7 Å². The number of carbonyl (C=O) groups excluding carboxylic acids is 2. The molecule has 0 aromatic heterocycles. The number of imide groups is 1. The zero-order valence-electron chi connectivity index (χ0n) is 17.4. The van der Waals surface area contributed by atoms with E-state index in [1.807, 2.05) is 0 Å². The van der Waals surface area contributed by atoms with Gasteiger partial charge < -0.3 is 4.90 Å². The molecule has 0 radical (unpaired) electrons. The fraction of sp³-hybridized carbons (Fsp3) is 0.348. The van der Waals surface area contributed by atoms with Crippen LogP contribution in [0.25, 0.3) is 0 Å².